The number of hydrogen-bond donors (Lipinski definition) is 2. The molecule has 1 rings (SSSR count). The number of nitrogens with one attached hydrogen (secondary N) is 1. The smallest absolute Gasteiger partial charge is 0.250 e. The third-order valence-electron chi connectivity index (χ3n) is 3.18. The van der Waals surface area contributed by atoms with Gasteiger partial charge < -0.3 is 10.0 Å². The van der Waals surface area contributed by atoms with E-state index in [1.807, 2.05) is 7.05 Å². The summed E-state index contributed by atoms with van der Waals surface area (Å²) in [4.78, 5) is 2.12. The van der Waals surface area contributed by atoms with Crippen molar-refractivity contribution < 1.29 is 13.5 Å². The van der Waals surface area contributed by atoms with Crippen LogP contribution >= 0.6 is 11.3 Å². The average molecular weight is 306 g/mol. The predicted octanol–water partition coefficient (Wildman–Crippen LogP) is 1.25. The Morgan fingerprint density at radius 1 is 1.53 bits per heavy atom. The molecule has 0 saturated heterocycles. The molecule has 110 valence electrons. The van der Waals surface area contributed by atoms with E-state index in [0.717, 1.165) is 17.8 Å². The van der Waals surface area contributed by atoms with Gasteiger partial charge in [-0.25, -0.2) is 13.1 Å². The Hall–Kier alpha value is -0.470. The summed E-state index contributed by atoms with van der Waals surface area (Å²) in [6, 6.07) is 1.94. The molecule has 0 saturated carbocycles. The Morgan fingerprint density at radius 2 is 2.21 bits per heavy atom. The van der Waals surface area contributed by atoms with Gasteiger partial charge in [0.25, 0.3) is 0 Å². The van der Waals surface area contributed by atoms with Crippen molar-refractivity contribution >= 4 is 21.4 Å². The number of aliphatic hydroxyl groups excluding tert-OH is 1. The van der Waals surface area contributed by atoms with E-state index in [2.05, 4.69) is 23.5 Å². The third kappa shape index (κ3) is 4.85. The highest BCUT2D eigenvalue weighted by Gasteiger charge is 2.16. The molecule has 1 heterocycles. The van der Waals surface area contributed by atoms with Crippen LogP contribution in [0.4, 0.5) is 0 Å². The van der Waals surface area contributed by atoms with Gasteiger partial charge in [0.1, 0.15) is 4.21 Å². The molecule has 5 nitrogen and oxygen atoms in total. The number of thiophene rings is 1. The molecule has 2 N–H and O–H groups in total. The summed E-state index contributed by atoms with van der Waals surface area (Å²) in [7, 11) is -1.46. The van der Waals surface area contributed by atoms with E-state index in [1.54, 1.807) is 5.38 Å². The second-order valence-electron chi connectivity index (χ2n) is 4.57. The van der Waals surface area contributed by atoms with Crippen molar-refractivity contribution in [1.29, 1.82) is 0 Å². The summed E-state index contributed by atoms with van der Waals surface area (Å²) in [6.07, 6.45) is 1.04. The highest BCUT2D eigenvalue weighted by Crippen LogP contribution is 2.19. The van der Waals surface area contributed by atoms with Crippen LogP contribution in [-0.4, -0.2) is 44.6 Å². The average Bonchev–Trinajstić information content (AvgIpc) is 2.86. The first-order chi connectivity index (χ1) is 8.90. The lowest BCUT2D eigenvalue weighted by atomic mass is 10.2. The van der Waals surface area contributed by atoms with Gasteiger partial charge in [0.2, 0.25) is 10.0 Å². The molecule has 1 unspecified atom stereocenters. The van der Waals surface area contributed by atoms with Gasteiger partial charge in [-0.15, -0.1) is 11.3 Å². The number of hydrogen-bond acceptors (Lipinski definition) is 5. The van der Waals surface area contributed by atoms with Gasteiger partial charge in [0, 0.05) is 19.1 Å². The Morgan fingerprint density at radius 3 is 2.74 bits per heavy atom. The third-order valence-corrected chi connectivity index (χ3v) is 6.13. The molecule has 0 aliphatic rings. The van der Waals surface area contributed by atoms with Crippen molar-refractivity contribution in [2.45, 2.75) is 37.1 Å². The maximum Gasteiger partial charge on any atom is 0.250 e. The number of aliphatic hydroxyl groups is 1. The van der Waals surface area contributed by atoms with Crippen molar-refractivity contribution in [3.05, 3.63) is 17.0 Å². The van der Waals surface area contributed by atoms with E-state index in [0.29, 0.717) is 24.7 Å². The largest absolute Gasteiger partial charge is 0.392 e. The monoisotopic (exact) mass is 306 g/mol. The molecule has 0 amide bonds. The van der Waals surface area contributed by atoms with Crippen LogP contribution in [0.15, 0.2) is 15.7 Å². The van der Waals surface area contributed by atoms with Crippen molar-refractivity contribution in [2.75, 3.05) is 20.1 Å². The van der Waals surface area contributed by atoms with Gasteiger partial charge in [0.05, 0.1) is 6.61 Å². The topological polar surface area (TPSA) is 69.6 Å². The number of sulfonamides is 1. The fourth-order valence-corrected chi connectivity index (χ4v) is 3.80. The molecule has 0 aliphatic carbocycles. The number of likely N-dealkylation sites (N-methyl/N-ethyl adjacent to an activating group) is 1. The summed E-state index contributed by atoms with van der Waals surface area (Å²) in [5.41, 5.74) is 0.627. The fourth-order valence-electron chi connectivity index (χ4n) is 1.54. The van der Waals surface area contributed by atoms with Gasteiger partial charge in [0.15, 0.2) is 0 Å². The Labute approximate surface area is 119 Å². The second-order valence-corrected chi connectivity index (χ2v) is 7.47. The number of rotatable bonds is 8. The minimum Gasteiger partial charge on any atom is -0.392 e. The summed E-state index contributed by atoms with van der Waals surface area (Å²) in [6.45, 7) is 5.14. The van der Waals surface area contributed by atoms with Gasteiger partial charge in [-0.2, -0.15) is 0 Å². The molecule has 1 aromatic rings. The zero-order valence-electron chi connectivity index (χ0n) is 11.6. The first-order valence-electron chi connectivity index (χ1n) is 6.29. The van der Waals surface area contributed by atoms with Crippen LogP contribution in [0, 0.1) is 0 Å². The lowest BCUT2D eigenvalue weighted by Gasteiger charge is -2.23. The Bertz CT molecular complexity index is 485. The first kappa shape index (κ1) is 16.6. The van der Waals surface area contributed by atoms with E-state index in [9.17, 15) is 8.42 Å². The lowest BCUT2D eigenvalue weighted by Crippen LogP contribution is -2.36. The molecular weight excluding hydrogens is 284 g/mol. The Kier molecular flexibility index (Phi) is 6.41. The predicted molar refractivity (Wildman–Crippen MR) is 77.8 cm³/mol. The first-order valence-corrected chi connectivity index (χ1v) is 8.65. The lowest BCUT2D eigenvalue weighted by molar-refractivity contribution is 0.256. The zero-order valence-corrected chi connectivity index (χ0v) is 13.2. The molecular formula is C12H22N2O3S2. The van der Waals surface area contributed by atoms with E-state index >= 15 is 0 Å². The summed E-state index contributed by atoms with van der Waals surface area (Å²) in [5, 5.41) is 10.6. The van der Waals surface area contributed by atoms with Crippen LogP contribution in [-0.2, 0) is 16.6 Å². The normalized spacial score (nSPS) is 13.9. The molecule has 1 atom stereocenters. The van der Waals surface area contributed by atoms with Crippen LogP contribution in [0.3, 0.4) is 0 Å². The van der Waals surface area contributed by atoms with Crippen LogP contribution in [0.2, 0.25) is 0 Å². The van der Waals surface area contributed by atoms with Crippen molar-refractivity contribution in [3.63, 3.8) is 0 Å². The van der Waals surface area contributed by atoms with Gasteiger partial charge in [-0.3, -0.25) is 0 Å². The standard InChI is InChI=1S/C12H22N2O3S2/c1-4-10(2)14(3)6-5-13-19(16,17)12-7-11(8-15)9-18-12/h7,9-10,13,15H,4-6,8H2,1-3H3. The maximum absolute atomic E-state index is 12.0. The van der Waals surface area contributed by atoms with E-state index < -0.39 is 10.0 Å². The maximum atomic E-state index is 12.0. The van der Waals surface area contributed by atoms with E-state index in [1.165, 1.54) is 6.07 Å². The van der Waals surface area contributed by atoms with Crippen molar-refractivity contribution in [2.24, 2.45) is 0 Å². The molecule has 7 heteroatoms. The second kappa shape index (κ2) is 7.35. The molecule has 0 fully saturated rings. The molecule has 0 aliphatic heterocycles. The Balaban J connectivity index is 2.52. The van der Waals surface area contributed by atoms with E-state index in [-0.39, 0.29) is 10.8 Å². The fraction of sp³-hybridized carbons (Fsp3) is 0.667. The molecule has 0 aromatic carbocycles. The summed E-state index contributed by atoms with van der Waals surface area (Å²) in [5.74, 6) is 0. The molecule has 0 spiro atoms. The molecule has 0 radical (unpaired) electrons. The van der Waals surface area contributed by atoms with Crippen LogP contribution in [0.25, 0.3) is 0 Å². The number of nitrogens with zero attached hydrogens (tertiary/aromatic N) is 1. The highest BCUT2D eigenvalue weighted by atomic mass is 32.2. The van der Waals surface area contributed by atoms with Gasteiger partial charge in [-0.1, -0.05) is 6.92 Å². The van der Waals surface area contributed by atoms with Crippen LogP contribution < -0.4 is 4.72 Å². The molecule has 1 aromatic heterocycles. The quantitative estimate of drug-likeness (QED) is 0.758. The van der Waals surface area contributed by atoms with Crippen LogP contribution in [0.5, 0.6) is 0 Å². The minimum absolute atomic E-state index is 0.136. The van der Waals surface area contributed by atoms with Gasteiger partial charge >= 0.3 is 0 Å². The zero-order chi connectivity index (χ0) is 14.5. The highest BCUT2D eigenvalue weighted by molar-refractivity contribution is 7.91. The summed E-state index contributed by atoms with van der Waals surface area (Å²) < 4.78 is 26.8. The van der Waals surface area contributed by atoms with Crippen molar-refractivity contribution in [3.8, 4) is 0 Å². The molecule has 19 heavy (non-hydrogen) atoms. The van der Waals surface area contributed by atoms with Gasteiger partial charge in [-0.05, 0) is 37.4 Å². The van der Waals surface area contributed by atoms with Crippen molar-refractivity contribution in [1.82, 2.24) is 9.62 Å². The summed E-state index contributed by atoms with van der Waals surface area (Å²) >= 11 is 1.13. The SMILES string of the molecule is CCC(C)N(C)CCNS(=O)(=O)c1cc(CO)cs1. The minimum atomic E-state index is -3.45. The molecule has 0 bridgehead atoms. The van der Waals surface area contributed by atoms with E-state index in [4.69, 9.17) is 5.11 Å². The van der Waals surface area contributed by atoms with Crippen LogP contribution in [0.1, 0.15) is 25.8 Å².